The summed E-state index contributed by atoms with van der Waals surface area (Å²) in [6.07, 6.45) is 1.40. The number of hydrazine groups is 1. The fraction of sp³-hybridized carbons (Fsp3) is 0.143. The van der Waals surface area contributed by atoms with Gasteiger partial charge in [-0.15, -0.1) is 0 Å². The average Bonchev–Trinajstić information content (AvgIpc) is 2.98. The minimum absolute atomic E-state index is 0.104. The molecule has 21 heavy (non-hydrogen) atoms. The van der Waals surface area contributed by atoms with Crippen molar-refractivity contribution in [2.45, 2.75) is 0 Å². The normalized spacial score (nSPS) is 10.0. The number of rotatable bonds is 5. The lowest BCUT2D eigenvalue weighted by Gasteiger charge is -2.16. The highest BCUT2D eigenvalue weighted by Crippen LogP contribution is 2.13. The SMILES string of the molecule is CN(CC(=O)NNc1cccc(Cl)c1)C(=O)c1ccco1. The van der Waals surface area contributed by atoms with Crippen LogP contribution in [0.2, 0.25) is 5.02 Å². The number of hydrogen-bond donors (Lipinski definition) is 2. The molecule has 0 aliphatic carbocycles. The van der Waals surface area contributed by atoms with Crippen LogP contribution in [0.4, 0.5) is 5.69 Å². The molecule has 6 nitrogen and oxygen atoms in total. The summed E-state index contributed by atoms with van der Waals surface area (Å²) in [5.41, 5.74) is 5.85. The lowest BCUT2D eigenvalue weighted by atomic mass is 10.3. The first-order valence-electron chi connectivity index (χ1n) is 6.15. The van der Waals surface area contributed by atoms with Gasteiger partial charge < -0.3 is 9.32 Å². The first-order chi connectivity index (χ1) is 10.1. The van der Waals surface area contributed by atoms with Crippen LogP contribution in [-0.2, 0) is 4.79 Å². The van der Waals surface area contributed by atoms with Crippen LogP contribution in [0, 0.1) is 0 Å². The van der Waals surface area contributed by atoms with Gasteiger partial charge in [0.1, 0.15) is 6.54 Å². The highest BCUT2D eigenvalue weighted by Gasteiger charge is 2.16. The molecule has 0 aliphatic rings. The van der Waals surface area contributed by atoms with Gasteiger partial charge >= 0.3 is 0 Å². The van der Waals surface area contributed by atoms with E-state index in [1.807, 2.05) is 0 Å². The third-order valence-corrected chi connectivity index (χ3v) is 2.87. The minimum Gasteiger partial charge on any atom is -0.459 e. The van der Waals surface area contributed by atoms with Gasteiger partial charge in [0.05, 0.1) is 12.0 Å². The lowest BCUT2D eigenvalue weighted by molar-refractivity contribution is -0.121. The van der Waals surface area contributed by atoms with Crippen LogP contribution in [0.5, 0.6) is 0 Å². The zero-order valence-electron chi connectivity index (χ0n) is 11.3. The molecule has 7 heteroatoms. The first-order valence-corrected chi connectivity index (χ1v) is 6.53. The van der Waals surface area contributed by atoms with E-state index < -0.39 is 0 Å². The summed E-state index contributed by atoms with van der Waals surface area (Å²) in [6, 6.07) is 10.1. The molecule has 2 N–H and O–H groups in total. The highest BCUT2D eigenvalue weighted by atomic mass is 35.5. The number of anilines is 1. The minimum atomic E-state index is -0.364. The van der Waals surface area contributed by atoms with E-state index in [1.165, 1.54) is 18.2 Å². The second-order valence-corrected chi connectivity index (χ2v) is 4.76. The maximum atomic E-state index is 11.9. The molecule has 110 valence electrons. The predicted octanol–water partition coefficient (Wildman–Crippen LogP) is 2.15. The third kappa shape index (κ3) is 4.25. The van der Waals surface area contributed by atoms with Gasteiger partial charge in [-0.25, -0.2) is 0 Å². The standard InChI is InChI=1S/C14H14ClN3O3/c1-18(14(20)12-6-3-7-21-12)9-13(19)17-16-11-5-2-4-10(15)8-11/h2-8,16H,9H2,1H3,(H,17,19). The Kier molecular flexibility index (Phi) is 4.84. The number of hydrogen-bond acceptors (Lipinski definition) is 4. The number of amides is 2. The van der Waals surface area contributed by atoms with E-state index in [9.17, 15) is 9.59 Å². The lowest BCUT2D eigenvalue weighted by Crippen LogP contribution is -2.40. The van der Waals surface area contributed by atoms with Crippen LogP contribution >= 0.6 is 11.6 Å². The highest BCUT2D eigenvalue weighted by molar-refractivity contribution is 6.30. The average molecular weight is 308 g/mol. The quantitative estimate of drug-likeness (QED) is 0.830. The zero-order chi connectivity index (χ0) is 15.2. The second-order valence-electron chi connectivity index (χ2n) is 4.32. The fourth-order valence-electron chi connectivity index (χ4n) is 1.62. The van der Waals surface area contributed by atoms with E-state index in [2.05, 4.69) is 10.9 Å². The topological polar surface area (TPSA) is 74.6 Å². The number of carbonyl (C=O) groups is 2. The molecule has 0 atom stereocenters. The molecule has 0 bridgehead atoms. The van der Waals surface area contributed by atoms with Crippen molar-refractivity contribution in [3.63, 3.8) is 0 Å². The summed E-state index contributed by atoms with van der Waals surface area (Å²) in [4.78, 5) is 24.9. The molecule has 2 aromatic rings. The summed E-state index contributed by atoms with van der Waals surface area (Å²) in [6.45, 7) is -0.104. The van der Waals surface area contributed by atoms with Gasteiger partial charge in [-0.2, -0.15) is 0 Å². The van der Waals surface area contributed by atoms with Crippen LogP contribution in [-0.4, -0.2) is 30.3 Å². The fourth-order valence-corrected chi connectivity index (χ4v) is 1.81. The van der Waals surface area contributed by atoms with Crippen molar-refractivity contribution in [2.75, 3.05) is 19.0 Å². The summed E-state index contributed by atoms with van der Waals surface area (Å²) >= 11 is 5.83. The first kappa shape index (κ1) is 14.9. The van der Waals surface area contributed by atoms with E-state index in [0.717, 1.165) is 0 Å². The van der Waals surface area contributed by atoms with Gasteiger partial charge in [-0.1, -0.05) is 17.7 Å². The number of benzene rings is 1. The van der Waals surface area contributed by atoms with Crippen LogP contribution in [0.3, 0.4) is 0 Å². The molecular weight excluding hydrogens is 294 g/mol. The Bertz CT molecular complexity index is 628. The van der Waals surface area contributed by atoms with Crippen molar-refractivity contribution >= 4 is 29.1 Å². The Morgan fingerprint density at radius 1 is 1.29 bits per heavy atom. The number of halogens is 1. The van der Waals surface area contributed by atoms with E-state index in [0.29, 0.717) is 10.7 Å². The number of nitrogens with one attached hydrogen (secondary N) is 2. The van der Waals surface area contributed by atoms with E-state index in [4.69, 9.17) is 16.0 Å². The van der Waals surface area contributed by atoms with Gasteiger partial charge in [-0.05, 0) is 30.3 Å². The van der Waals surface area contributed by atoms with Crippen molar-refractivity contribution in [3.8, 4) is 0 Å². The van der Waals surface area contributed by atoms with Gasteiger partial charge in [0.15, 0.2) is 5.76 Å². The van der Waals surface area contributed by atoms with Gasteiger partial charge in [0, 0.05) is 12.1 Å². The Labute approximate surface area is 126 Å². The number of likely N-dealkylation sites (N-methyl/N-ethyl adjacent to an activating group) is 1. The summed E-state index contributed by atoms with van der Waals surface area (Å²) in [7, 11) is 1.52. The van der Waals surface area contributed by atoms with Crippen molar-refractivity contribution < 1.29 is 14.0 Å². The largest absolute Gasteiger partial charge is 0.459 e. The van der Waals surface area contributed by atoms with Crippen molar-refractivity contribution in [1.82, 2.24) is 10.3 Å². The number of carbonyl (C=O) groups excluding carboxylic acids is 2. The molecule has 0 radical (unpaired) electrons. The summed E-state index contributed by atoms with van der Waals surface area (Å²) in [5.74, 6) is -0.539. The van der Waals surface area contributed by atoms with Crippen molar-refractivity contribution in [3.05, 3.63) is 53.4 Å². The molecule has 0 aliphatic heterocycles. The Balaban J connectivity index is 1.83. The van der Waals surface area contributed by atoms with Gasteiger partial charge in [-0.3, -0.25) is 20.4 Å². The molecule has 1 aromatic carbocycles. The molecule has 0 unspecified atom stereocenters. The van der Waals surface area contributed by atoms with E-state index in [-0.39, 0.29) is 24.1 Å². The van der Waals surface area contributed by atoms with Gasteiger partial charge in [0.25, 0.3) is 11.8 Å². The molecule has 1 aromatic heterocycles. The molecule has 2 rings (SSSR count). The van der Waals surface area contributed by atoms with E-state index in [1.54, 1.807) is 36.4 Å². The second kappa shape index (κ2) is 6.81. The van der Waals surface area contributed by atoms with Gasteiger partial charge in [0.2, 0.25) is 0 Å². The molecule has 0 spiro atoms. The smallest absolute Gasteiger partial charge is 0.289 e. The summed E-state index contributed by atoms with van der Waals surface area (Å²) < 4.78 is 4.99. The Hall–Kier alpha value is -2.47. The molecule has 1 heterocycles. The molecule has 2 amide bonds. The zero-order valence-corrected chi connectivity index (χ0v) is 12.1. The molecule has 0 saturated heterocycles. The molecule has 0 fully saturated rings. The van der Waals surface area contributed by atoms with E-state index >= 15 is 0 Å². The number of furan rings is 1. The van der Waals surface area contributed by atoms with Crippen LogP contribution in [0.1, 0.15) is 10.6 Å². The van der Waals surface area contributed by atoms with Crippen molar-refractivity contribution in [1.29, 1.82) is 0 Å². The number of nitrogens with zero attached hydrogens (tertiary/aromatic N) is 1. The Morgan fingerprint density at radius 2 is 2.10 bits per heavy atom. The van der Waals surface area contributed by atoms with Crippen LogP contribution < -0.4 is 10.9 Å². The van der Waals surface area contributed by atoms with Crippen molar-refractivity contribution in [2.24, 2.45) is 0 Å². The maximum absolute atomic E-state index is 11.9. The third-order valence-electron chi connectivity index (χ3n) is 2.63. The van der Waals surface area contributed by atoms with Crippen LogP contribution in [0.15, 0.2) is 47.1 Å². The predicted molar refractivity (Wildman–Crippen MR) is 78.9 cm³/mol. The Morgan fingerprint density at radius 3 is 2.76 bits per heavy atom. The monoisotopic (exact) mass is 307 g/mol. The summed E-state index contributed by atoms with van der Waals surface area (Å²) in [5, 5.41) is 0.555. The molecular formula is C14H14ClN3O3. The maximum Gasteiger partial charge on any atom is 0.289 e. The van der Waals surface area contributed by atoms with Crippen LogP contribution in [0.25, 0.3) is 0 Å². The molecule has 0 saturated carbocycles.